The SMILES string of the molecule is Nc1cc(-c2c(F)cccc2F)nnc1C(=O)O. The fraction of sp³-hybridized carbons (Fsp3) is 0. The van der Waals surface area contributed by atoms with E-state index in [1.54, 1.807) is 0 Å². The normalized spacial score (nSPS) is 10.3. The number of nitrogens with zero attached hydrogens (tertiary/aromatic N) is 2. The van der Waals surface area contributed by atoms with E-state index < -0.39 is 28.9 Å². The maximum Gasteiger partial charge on any atom is 0.358 e. The Hall–Kier alpha value is -2.57. The summed E-state index contributed by atoms with van der Waals surface area (Å²) >= 11 is 0. The first-order valence-corrected chi connectivity index (χ1v) is 4.81. The van der Waals surface area contributed by atoms with Crippen molar-refractivity contribution < 1.29 is 18.7 Å². The molecule has 0 spiro atoms. The van der Waals surface area contributed by atoms with Crippen LogP contribution < -0.4 is 5.73 Å². The van der Waals surface area contributed by atoms with E-state index in [4.69, 9.17) is 10.8 Å². The number of aromatic nitrogens is 2. The molecule has 0 radical (unpaired) electrons. The number of carboxylic acid groups (broad SMARTS) is 1. The molecule has 0 unspecified atom stereocenters. The fourth-order valence-corrected chi connectivity index (χ4v) is 1.44. The van der Waals surface area contributed by atoms with Crippen LogP contribution in [0.5, 0.6) is 0 Å². The van der Waals surface area contributed by atoms with Crippen LogP contribution in [0.15, 0.2) is 24.3 Å². The molecule has 0 aliphatic rings. The lowest BCUT2D eigenvalue weighted by Crippen LogP contribution is -2.08. The van der Waals surface area contributed by atoms with Gasteiger partial charge in [-0.15, -0.1) is 10.2 Å². The van der Waals surface area contributed by atoms with Gasteiger partial charge >= 0.3 is 5.97 Å². The second-order valence-electron chi connectivity index (χ2n) is 3.44. The van der Waals surface area contributed by atoms with Gasteiger partial charge in [0.05, 0.1) is 11.3 Å². The molecule has 3 N–H and O–H groups in total. The standard InChI is InChI=1S/C11H7F2N3O2/c12-5-2-1-3-6(13)9(5)8-4-7(14)10(11(17)18)16-15-8/h1-4H,(H2,14,15)(H,17,18). The Kier molecular flexibility index (Phi) is 2.88. The third-order valence-corrected chi connectivity index (χ3v) is 2.24. The lowest BCUT2D eigenvalue weighted by atomic mass is 10.1. The van der Waals surface area contributed by atoms with Crippen LogP contribution in [0.4, 0.5) is 14.5 Å². The molecular formula is C11H7F2N3O2. The van der Waals surface area contributed by atoms with Crippen molar-refractivity contribution in [3.63, 3.8) is 0 Å². The number of carbonyl (C=O) groups is 1. The topological polar surface area (TPSA) is 89.1 Å². The molecule has 0 atom stereocenters. The zero-order valence-electron chi connectivity index (χ0n) is 8.89. The van der Waals surface area contributed by atoms with Crippen LogP contribution in [-0.4, -0.2) is 21.3 Å². The minimum Gasteiger partial charge on any atom is -0.476 e. The van der Waals surface area contributed by atoms with Gasteiger partial charge in [0.2, 0.25) is 0 Å². The monoisotopic (exact) mass is 251 g/mol. The summed E-state index contributed by atoms with van der Waals surface area (Å²) in [7, 11) is 0. The van der Waals surface area contributed by atoms with Gasteiger partial charge in [-0.2, -0.15) is 0 Å². The predicted molar refractivity (Wildman–Crippen MR) is 58.8 cm³/mol. The summed E-state index contributed by atoms with van der Waals surface area (Å²) < 4.78 is 26.9. The number of anilines is 1. The fourth-order valence-electron chi connectivity index (χ4n) is 1.44. The number of aromatic carboxylic acids is 1. The van der Waals surface area contributed by atoms with Crippen molar-refractivity contribution in [3.05, 3.63) is 41.6 Å². The lowest BCUT2D eigenvalue weighted by Gasteiger charge is -2.05. The Labute approximate surface area is 99.9 Å². The van der Waals surface area contributed by atoms with Gasteiger partial charge < -0.3 is 10.8 Å². The number of benzene rings is 1. The minimum atomic E-state index is -1.36. The van der Waals surface area contributed by atoms with Crippen LogP contribution in [0.2, 0.25) is 0 Å². The lowest BCUT2D eigenvalue weighted by molar-refractivity contribution is 0.0690. The average Bonchev–Trinajstić information content (AvgIpc) is 2.28. The molecule has 2 aromatic rings. The zero-order chi connectivity index (χ0) is 13.3. The highest BCUT2D eigenvalue weighted by atomic mass is 19.1. The Morgan fingerprint density at radius 1 is 1.22 bits per heavy atom. The van der Waals surface area contributed by atoms with E-state index in [9.17, 15) is 13.6 Å². The highest BCUT2D eigenvalue weighted by molar-refractivity contribution is 5.91. The van der Waals surface area contributed by atoms with Crippen LogP contribution >= 0.6 is 0 Å². The molecule has 0 aliphatic heterocycles. The van der Waals surface area contributed by atoms with Crippen molar-refractivity contribution in [2.75, 3.05) is 5.73 Å². The Morgan fingerprint density at radius 3 is 2.33 bits per heavy atom. The Bertz CT molecular complexity index is 611. The number of carboxylic acids is 1. The summed E-state index contributed by atoms with van der Waals surface area (Å²) in [5.74, 6) is -3.01. The van der Waals surface area contributed by atoms with Crippen molar-refractivity contribution in [1.29, 1.82) is 0 Å². The van der Waals surface area contributed by atoms with Crippen molar-refractivity contribution >= 4 is 11.7 Å². The summed E-state index contributed by atoms with van der Waals surface area (Å²) in [6.45, 7) is 0. The number of rotatable bonds is 2. The molecule has 1 aromatic carbocycles. The summed E-state index contributed by atoms with van der Waals surface area (Å²) in [5, 5.41) is 15.5. The molecule has 5 nitrogen and oxygen atoms in total. The quantitative estimate of drug-likeness (QED) is 0.847. The summed E-state index contributed by atoms with van der Waals surface area (Å²) in [6.07, 6.45) is 0. The Morgan fingerprint density at radius 2 is 1.83 bits per heavy atom. The molecule has 92 valence electrons. The van der Waals surface area contributed by atoms with E-state index in [2.05, 4.69) is 10.2 Å². The van der Waals surface area contributed by atoms with Crippen LogP contribution in [0.25, 0.3) is 11.3 Å². The largest absolute Gasteiger partial charge is 0.476 e. The number of hydrogen-bond donors (Lipinski definition) is 2. The van der Waals surface area contributed by atoms with Gasteiger partial charge in [-0.25, -0.2) is 13.6 Å². The molecule has 0 fully saturated rings. The highest BCUT2D eigenvalue weighted by Crippen LogP contribution is 2.25. The van der Waals surface area contributed by atoms with E-state index in [0.717, 1.165) is 18.2 Å². The highest BCUT2D eigenvalue weighted by Gasteiger charge is 2.17. The maximum absolute atomic E-state index is 13.5. The molecule has 1 aromatic heterocycles. The molecule has 0 saturated heterocycles. The molecule has 0 bridgehead atoms. The van der Waals surface area contributed by atoms with Gasteiger partial charge in [-0.1, -0.05) is 6.07 Å². The van der Waals surface area contributed by atoms with E-state index in [-0.39, 0.29) is 11.4 Å². The number of nitrogen functional groups attached to an aromatic ring is 1. The second-order valence-corrected chi connectivity index (χ2v) is 3.44. The van der Waals surface area contributed by atoms with Gasteiger partial charge in [0, 0.05) is 0 Å². The average molecular weight is 251 g/mol. The molecule has 18 heavy (non-hydrogen) atoms. The third-order valence-electron chi connectivity index (χ3n) is 2.24. The van der Waals surface area contributed by atoms with E-state index in [1.807, 2.05) is 0 Å². The van der Waals surface area contributed by atoms with Crippen molar-refractivity contribution in [1.82, 2.24) is 10.2 Å². The van der Waals surface area contributed by atoms with E-state index >= 15 is 0 Å². The second kappa shape index (κ2) is 4.36. The molecule has 7 heteroatoms. The minimum absolute atomic E-state index is 0.159. The van der Waals surface area contributed by atoms with Gasteiger partial charge in [-0.3, -0.25) is 0 Å². The summed E-state index contributed by atoms with van der Waals surface area (Å²) in [6, 6.07) is 4.39. The number of hydrogen-bond acceptors (Lipinski definition) is 4. The summed E-state index contributed by atoms with van der Waals surface area (Å²) in [4.78, 5) is 10.7. The van der Waals surface area contributed by atoms with Crippen molar-refractivity contribution in [2.45, 2.75) is 0 Å². The molecule has 0 amide bonds. The van der Waals surface area contributed by atoms with Gasteiger partial charge in [0.25, 0.3) is 0 Å². The zero-order valence-corrected chi connectivity index (χ0v) is 8.89. The van der Waals surface area contributed by atoms with Crippen LogP contribution in [0.3, 0.4) is 0 Å². The Balaban J connectivity index is 2.59. The van der Waals surface area contributed by atoms with Crippen LogP contribution in [-0.2, 0) is 0 Å². The molecule has 0 saturated carbocycles. The molecule has 1 heterocycles. The van der Waals surface area contributed by atoms with Gasteiger partial charge in [0.1, 0.15) is 17.3 Å². The molecule has 0 aliphatic carbocycles. The smallest absolute Gasteiger partial charge is 0.358 e. The first-order chi connectivity index (χ1) is 8.50. The number of nitrogens with two attached hydrogens (primary N) is 1. The molecular weight excluding hydrogens is 244 g/mol. The third kappa shape index (κ3) is 1.97. The van der Waals surface area contributed by atoms with E-state index in [0.29, 0.717) is 0 Å². The molecule has 2 rings (SSSR count). The summed E-state index contributed by atoms with van der Waals surface area (Å²) in [5.41, 5.74) is 4.20. The predicted octanol–water partition coefficient (Wildman–Crippen LogP) is 1.70. The van der Waals surface area contributed by atoms with Crippen LogP contribution in [0.1, 0.15) is 10.5 Å². The van der Waals surface area contributed by atoms with Gasteiger partial charge in [-0.05, 0) is 18.2 Å². The first kappa shape index (κ1) is 11.9. The maximum atomic E-state index is 13.5. The number of halogens is 2. The van der Waals surface area contributed by atoms with Crippen LogP contribution in [0, 0.1) is 11.6 Å². The first-order valence-electron chi connectivity index (χ1n) is 4.81. The van der Waals surface area contributed by atoms with Crippen molar-refractivity contribution in [2.24, 2.45) is 0 Å². The van der Waals surface area contributed by atoms with Gasteiger partial charge in [0.15, 0.2) is 5.69 Å². The van der Waals surface area contributed by atoms with Crippen molar-refractivity contribution in [3.8, 4) is 11.3 Å². The van der Waals surface area contributed by atoms with E-state index in [1.165, 1.54) is 6.07 Å².